The van der Waals surface area contributed by atoms with Crippen LogP contribution in [0.3, 0.4) is 0 Å². The van der Waals surface area contributed by atoms with Gasteiger partial charge in [0.15, 0.2) is 0 Å². The maximum absolute atomic E-state index is 11.5. The van der Waals surface area contributed by atoms with E-state index in [1.165, 1.54) is 0 Å². The first kappa shape index (κ1) is 13.2. The number of amides is 2. The molecule has 0 aliphatic rings. The van der Waals surface area contributed by atoms with Crippen LogP contribution in [0.2, 0.25) is 0 Å². The van der Waals surface area contributed by atoms with Crippen molar-refractivity contribution in [3.63, 3.8) is 0 Å². The third-order valence-electron chi connectivity index (χ3n) is 1.83. The molecule has 0 aliphatic carbocycles. The van der Waals surface area contributed by atoms with Gasteiger partial charge in [0.1, 0.15) is 0 Å². The third kappa shape index (κ3) is 4.46. The van der Waals surface area contributed by atoms with E-state index in [1.54, 1.807) is 20.8 Å². The van der Waals surface area contributed by atoms with Gasteiger partial charge in [-0.2, -0.15) is 0 Å². The van der Waals surface area contributed by atoms with Gasteiger partial charge in [0.05, 0.1) is 5.41 Å². The average molecular weight is 221 g/mol. The molecule has 14 heavy (non-hydrogen) atoms. The van der Waals surface area contributed by atoms with E-state index in [9.17, 15) is 9.59 Å². The first-order valence-electron chi connectivity index (χ1n) is 4.45. The highest BCUT2D eigenvalue weighted by Gasteiger charge is 2.27. The van der Waals surface area contributed by atoms with Gasteiger partial charge < -0.3 is 11.1 Å². The van der Waals surface area contributed by atoms with Crippen LogP contribution in [0, 0.1) is 5.41 Å². The minimum absolute atomic E-state index is 0.143. The number of nitrogens with two attached hydrogens (primary N) is 1. The summed E-state index contributed by atoms with van der Waals surface area (Å²) in [5.74, 6) is -0.356. The van der Waals surface area contributed by atoms with Crippen LogP contribution in [0.15, 0.2) is 0 Å². The lowest BCUT2D eigenvalue weighted by atomic mass is 9.95. The molecule has 0 bridgehead atoms. The van der Waals surface area contributed by atoms with Gasteiger partial charge in [-0.05, 0) is 20.8 Å². The lowest BCUT2D eigenvalue weighted by Gasteiger charge is -2.23. The lowest BCUT2D eigenvalue weighted by molar-refractivity contribution is -0.129. The van der Waals surface area contributed by atoms with Crippen molar-refractivity contribution in [2.75, 3.05) is 5.88 Å². The molecular formula is C9H17ClN2O2. The fraction of sp³-hybridized carbons (Fsp3) is 0.778. The van der Waals surface area contributed by atoms with Crippen LogP contribution >= 0.6 is 11.6 Å². The van der Waals surface area contributed by atoms with Crippen molar-refractivity contribution in [2.24, 2.45) is 11.1 Å². The minimum Gasteiger partial charge on any atom is -0.370 e. The Labute approximate surface area is 89.2 Å². The monoisotopic (exact) mass is 220 g/mol. The number of hydrogen-bond acceptors (Lipinski definition) is 2. The maximum atomic E-state index is 11.5. The van der Waals surface area contributed by atoms with Crippen LogP contribution in [-0.2, 0) is 9.59 Å². The van der Waals surface area contributed by atoms with Crippen molar-refractivity contribution >= 4 is 23.4 Å². The molecule has 0 aromatic rings. The van der Waals surface area contributed by atoms with Crippen LogP contribution in [0.25, 0.3) is 0 Å². The predicted octanol–water partition coefficient (Wildman–Crippen LogP) is 0.631. The normalized spacial score (nSPS) is 13.4. The molecule has 0 saturated carbocycles. The summed E-state index contributed by atoms with van der Waals surface area (Å²) in [5.41, 5.74) is 4.38. The largest absolute Gasteiger partial charge is 0.370 e. The van der Waals surface area contributed by atoms with Crippen molar-refractivity contribution in [1.82, 2.24) is 5.32 Å². The molecule has 0 aliphatic heterocycles. The SMILES string of the molecule is CC(CC(N)=O)NC(=O)C(C)(C)CCl. The standard InChI is InChI=1S/C9H17ClN2O2/c1-6(4-7(11)13)12-8(14)9(2,3)5-10/h6H,4-5H2,1-3H3,(H2,11,13)(H,12,14). The molecule has 2 amide bonds. The lowest BCUT2D eigenvalue weighted by Crippen LogP contribution is -2.43. The summed E-state index contributed by atoms with van der Waals surface area (Å²) in [5, 5.41) is 2.68. The molecule has 1 unspecified atom stereocenters. The van der Waals surface area contributed by atoms with E-state index in [-0.39, 0.29) is 24.2 Å². The Bertz CT molecular complexity index is 229. The molecule has 0 saturated heterocycles. The molecule has 0 radical (unpaired) electrons. The molecule has 0 heterocycles. The fourth-order valence-corrected chi connectivity index (χ4v) is 0.954. The first-order valence-corrected chi connectivity index (χ1v) is 4.98. The molecule has 0 aromatic heterocycles. The number of alkyl halides is 1. The maximum Gasteiger partial charge on any atom is 0.227 e. The quantitative estimate of drug-likeness (QED) is 0.668. The van der Waals surface area contributed by atoms with Crippen molar-refractivity contribution < 1.29 is 9.59 Å². The number of carbonyl (C=O) groups excluding carboxylic acids is 2. The van der Waals surface area contributed by atoms with Gasteiger partial charge >= 0.3 is 0 Å². The summed E-state index contributed by atoms with van der Waals surface area (Å²) in [7, 11) is 0. The second kappa shape index (κ2) is 5.20. The molecule has 82 valence electrons. The summed E-state index contributed by atoms with van der Waals surface area (Å²) in [6, 6.07) is -0.248. The highest BCUT2D eigenvalue weighted by Crippen LogP contribution is 2.17. The molecule has 1 atom stereocenters. The molecule has 0 spiro atoms. The number of primary amides is 1. The van der Waals surface area contributed by atoms with Gasteiger partial charge in [-0.3, -0.25) is 9.59 Å². The van der Waals surface area contributed by atoms with Gasteiger partial charge in [0.25, 0.3) is 0 Å². The summed E-state index contributed by atoms with van der Waals surface area (Å²) in [4.78, 5) is 22.1. The Morgan fingerprint density at radius 1 is 1.50 bits per heavy atom. The van der Waals surface area contributed by atoms with Crippen LogP contribution in [-0.4, -0.2) is 23.7 Å². The van der Waals surface area contributed by atoms with E-state index in [0.717, 1.165) is 0 Å². The van der Waals surface area contributed by atoms with E-state index in [1.807, 2.05) is 0 Å². The zero-order valence-electron chi connectivity index (χ0n) is 8.76. The number of carbonyl (C=O) groups is 2. The Balaban J connectivity index is 4.12. The van der Waals surface area contributed by atoms with E-state index in [0.29, 0.717) is 0 Å². The predicted molar refractivity (Wildman–Crippen MR) is 55.9 cm³/mol. The topological polar surface area (TPSA) is 72.2 Å². The van der Waals surface area contributed by atoms with Crippen molar-refractivity contribution in [3.05, 3.63) is 0 Å². The molecule has 4 nitrogen and oxygen atoms in total. The fourth-order valence-electron chi connectivity index (χ4n) is 0.833. The summed E-state index contributed by atoms with van der Waals surface area (Å²) in [6.07, 6.45) is 0.143. The van der Waals surface area contributed by atoms with Crippen LogP contribution in [0.4, 0.5) is 0 Å². The summed E-state index contributed by atoms with van der Waals surface area (Å²) < 4.78 is 0. The minimum atomic E-state index is -0.618. The highest BCUT2D eigenvalue weighted by molar-refractivity contribution is 6.19. The molecule has 0 aromatic carbocycles. The van der Waals surface area contributed by atoms with Gasteiger partial charge in [-0.15, -0.1) is 11.6 Å². The van der Waals surface area contributed by atoms with Gasteiger partial charge in [0, 0.05) is 18.3 Å². The van der Waals surface area contributed by atoms with Crippen molar-refractivity contribution in [1.29, 1.82) is 0 Å². The second-order valence-electron chi connectivity index (χ2n) is 4.06. The molecular weight excluding hydrogens is 204 g/mol. The summed E-state index contributed by atoms with van der Waals surface area (Å²) in [6.45, 7) is 5.21. The van der Waals surface area contributed by atoms with Gasteiger partial charge in [-0.1, -0.05) is 0 Å². The second-order valence-corrected chi connectivity index (χ2v) is 4.33. The Hall–Kier alpha value is -0.770. The molecule has 5 heteroatoms. The zero-order chi connectivity index (χ0) is 11.4. The first-order chi connectivity index (χ1) is 6.29. The third-order valence-corrected chi connectivity index (χ3v) is 2.50. The molecule has 3 N–H and O–H groups in total. The molecule has 0 rings (SSSR count). The highest BCUT2D eigenvalue weighted by atomic mass is 35.5. The van der Waals surface area contributed by atoms with Crippen LogP contribution < -0.4 is 11.1 Å². The van der Waals surface area contributed by atoms with Crippen LogP contribution in [0.5, 0.6) is 0 Å². The zero-order valence-corrected chi connectivity index (χ0v) is 9.52. The van der Waals surface area contributed by atoms with Crippen LogP contribution in [0.1, 0.15) is 27.2 Å². The van der Waals surface area contributed by atoms with E-state index in [2.05, 4.69) is 5.32 Å². The van der Waals surface area contributed by atoms with E-state index < -0.39 is 11.3 Å². The number of rotatable bonds is 5. The average Bonchev–Trinajstić information content (AvgIpc) is 2.02. The Morgan fingerprint density at radius 2 is 2.00 bits per heavy atom. The van der Waals surface area contributed by atoms with Crippen molar-refractivity contribution in [2.45, 2.75) is 33.2 Å². The Morgan fingerprint density at radius 3 is 2.36 bits per heavy atom. The van der Waals surface area contributed by atoms with Gasteiger partial charge in [0.2, 0.25) is 11.8 Å². The molecule has 0 fully saturated rings. The van der Waals surface area contributed by atoms with Gasteiger partial charge in [-0.25, -0.2) is 0 Å². The Kier molecular flexibility index (Phi) is 4.91. The number of halogens is 1. The smallest absolute Gasteiger partial charge is 0.227 e. The number of nitrogens with one attached hydrogen (secondary N) is 1. The number of hydrogen-bond donors (Lipinski definition) is 2. The van der Waals surface area contributed by atoms with E-state index >= 15 is 0 Å². The summed E-state index contributed by atoms with van der Waals surface area (Å²) >= 11 is 5.62. The van der Waals surface area contributed by atoms with E-state index in [4.69, 9.17) is 17.3 Å². The van der Waals surface area contributed by atoms with Crippen molar-refractivity contribution in [3.8, 4) is 0 Å².